The highest BCUT2D eigenvalue weighted by molar-refractivity contribution is 5.85. The molecule has 1 saturated heterocycles. The average Bonchev–Trinajstić information content (AvgIpc) is 3.23. The summed E-state index contributed by atoms with van der Waals surface area (Å²) in [6.45, 7) is 1.64. The first-order valence-electron chi connectivity index (χ1n) is 12.4. The molecule has 3 aromatic rings. The number of aromatic nitrogens is 2. The van der Waals surface area contributed by atoms with Crippen LogP contribution in [0.4, 0.5) is 14.6 Å². The molecule has 8 nitrogen and oxygen atoms in total. The Kier molecular flexibility index (Phi) is 7.38. The van der Waals surface area contributed by atoms with Gasteiger partial charge in [0.15, 0.2) is 5.67 Å². The topological polar surface area (TPSA) is 94.7 Å². The Morgan fingerprint density at radius 2 is 2.11 bits per heavy atom. The predicted octanol–water partition coefficient (Wildman–Crippen LogP) is 2.94. The van der Waals surface area contributed by atoms with Gasteiger partial charge in [0.2, 0.25) is 0 Å². The number of ether oxygens (including phenoxy) is 2. The van der Waals surface area contributed by atoms with Crippen LogP contribution in [-0.2, 0) is 11.2 Å². The van der Waals surface area contributed by atoms with Crippen LogP contribution in [0.3, 0.4) is 0 Å². The highest BCUT2D eigenvalue weighted by Gasteiger charge is 2.47. The molecule has 0 unspecified atom stereocenters. The predicted molar refractivity (Wildman–Crippen MR) is 134 cm³/mol. The Bertz CT molecular complexity index is 1190. The molecule has 36 heavy (non-hydrogen) atoms. The van der Waals surface area contributed by atoms with Crippen molar-refractivity contribution in [2.45, 2.75) is 30.8 Å². The third-order valence-electron chi connectivity index (χ3n) is 6.91. The highest BCUT2D eigenvalue weighted by Crippen LogP contribution is 2.44. The number of nitrogens with zero attached hydrogens (tertiary/aromatic N) is 2. The molecule has 0 aliphatic carbocycles. The van der Waals surface area contributed by atoms with Crippen LogP contribution in [0.1, 0.15) is 29.3 Å². The molecule has 2 atom stereocenters. The van der Waals surface area contributed by atoms with Crippen molar-refractivity contribution in [3.05, 3.63) is 53.3 Å². The number of H-pyrrole nitrogens is 1. The van der Waals surface area contributed by atoms with Crippen LogP contribution >= 0.6 is 0 Å². The highest BCUT2D eigenvalue weighted by atomic mass is 19.1. The van der Waals surface area contributed by atoms with Crippen molar-refractivity contribution in [3.8, 4) is 5.75 Å². The minimum atomic E-state index is -1.51. The molecule has 0 bridgehead atoms. The van der Waals surface area contributed by atoms with Crippen molar-refractivity contribution in [1.82, 2.24) is 20.2 Å². The van der Waals surface area contributed by atoms with Crippen LogP contribution in [0.2, 0.25) is 0 Å². The average molecular weight is 502 g/mol. The first-order chi connectivity index (χ1) is 17.5. The van der Waals surface area contributed by atoms with E-state index in [9.17, 15) is 9.50 Å². The molecule has 0 amide bonds. The van der Waals surface area contributed by atoms with Gasteiger partial charge in [0, 0.05) is 60.5 Å². The van der Waals surface area contributed by atoms with E-state index in [2.05, 4.69) is 20.6 Å². The molecule has 0 radical (unpaired) electrons. The Morgan fingerprint density at radius 3 is 2.86 bits per heavy atom. The van der Waals surface area contributed by atoms with E-state index in [1.807, 2.05) is 30.3 Å². The summed E-state index contributed by atoms with van der Waals surface area (Å²) in [4.78, 5) is 9.89. The monoisotopic (exact) mass is 501 g/mol. The number of alkyl halides is 2. The summed E-state index contributed by atoms with van der Waals surface area (Å²) in [5.74, 6) is 1.22. The standard InChI is InChI=1S/C26H33F2N5O3/c1-35-21-12-22(30-10-9-29-8-4-7-27)31-13-19(21)25-24-18(17-5-2-3-6-20(17)32-24)11-23(34)33(25)14-26(28)15-36-16-26/h2-3,5-6,12-13,23,25,29,32,34H,4,7-11,14-16H2,1H3,(H,30,31)/t23-,25-/m1/s1. The second kappa shape index (κ2) is 10.7. The minimum absolute atomic E-state index is 0.0140. The number of hydrogen-bond donors (Lipinski definition) is 4. The molecule has 1 aromatic carbocycles. The van der Waals surface area contributed by atoms with Gasteiger partial charge in [-0.3, -0.25) is 9.29 Å². The summed E-state index contributed by atoms with van der Waals surface area (Å²) in [5, 5.41) is 18.7. The fourth-order valence-electron chi connectivity index (χ4n) is 5.11. The number of aliphatic hydroxyl groups is 1. The van der Waals surface area contributed by atoms with Crippen LogP contribution in [0.5, 0.6) is 5.75 Å². The molecule has 0 spiro atoms. The molecule has 2 aliphatic heterocycles. The molecule has 0 saturated carbocycles. The van der Waals surface area contributed by atoms with Crippen molar-refractivity contribution in [3.63, 3.8) is 0 Å². The fourth-order valence-corrected chi connectivity index (χ4v) is 5.11. The van der Waals surface area contributed by atoms with E-state index in [0.717, 1.165) is 27.7 Å². The van der Waals surface area contributed by atoms with Crippen molar-refractivity contribution >= 4 is 16.7 Å². The molecular formula is C26H33F2N5O3. The van der Waals surface area contributed by atoms with Gasteiger partial charge in [0.25, 0.3) is 0 Å². The van der Waals surface area contributed by atoms with Gasteiger partial charge in [0.05, 0.1) is 33.0 Å². The van der Waals surface area contributed by atoms with Crippen LogP contribution in [0.25, 0.3) is 10.9 Å². The van der Waals surface area contributed by atoms with Crippen molar-refractivity contribution < 1.29 is 23.4 Å². The lowest BCUT2D eigenvalue weighted by molar-refractivity contribution is -0.162. The number of pyridine rings is 1. The summed E-state index contributed by atoms with van der Waals surface area (Å²) in [6.07, 6.45) is 1.72. The van der Waals surface area contributed by atoms with Gasteiger partial charge in [0.1, 0.15) is 17.8 Å². The molecule has 5 rings (SSSR count). The summed E-state index contributed by atoms with van der Waals surface area (Å²) >= 11 is 0. The molecule has 4 N–H and O–H groups in total. The van der Waals surface area contributed by atoms with E-state index in [0.29, 0.717) is 44.0 Å². The fraction of sp³-hybridized carbons (Fsp3) is 0.500. The number of halogens is 2. The largest absolute Gasteiger partial charge is 0.496 e. The van der Waals surface area contributed by atoms with Gasteiger partial charge >= 0.3 is 0 Å². The van der Waals surface area contributed by atoms with Crippen molar-refractivity contribution in [2.75, 3.05) is 58.5 Å². The third-order valence-corrected chi connectivity index (χ3v) is 6.91. The Hall–Kier alpha value is -2.79. The number of para-hydroxylation sites is 1. The third kappa shape index (κ3) is 4.90. The van der Waals surface area contributed by atoms with E-state index >= 15 is 4.39 Å². The molecule has 2 aliphatic rings. The van der Waals surface area contributed by atoms with Gasteiger partial charge in [-0.05, 0) is 24.6 Å². The van der Waals surface area contributed by atoms with Crippen molar-refractivity contribution in [2.24, 2.45) is 0 Å². The SMILES string of the molecule is COc1cc(NCCNCCCF)ncc1[C@@H]1c2[nH]c3ccccc3c2C[C@@H](O)N1CC1(F)COC1. The van der Waals surface area contributed by atoms with E-state index in [4.69, 9.17) is 9.47 Å². The lowest BCUT2D eigenvalue weighted by Crippen LogP contribution is -2.57. The Balaban J connectivity index is 1.47. The molecule has 2 aromatic heterocycles. The maximum absolute atomic E-state index is 15.3. The number of hydrogen-bond acceptors (Lipinski definition) is 7. The van der Waals surface area contributed by atoms with Crippen molar-refractivity contribution in [1.29, 1.82) is 0 Å². The van der Waals surface area contributed by atoms with E-state index < -0.39 is 17.9 Å². The Morgan fingerprint density at radius 1 is 1.28 bits per heavy atom. The zero-order chi connectivity index (χ0) is 25.1. The van der Waals surface area contributed by atoms with Crippen LogP contribution in [-0.4, -0.2) is 85.0 Å². The summed E-state index contributed by atoms with van der Waals surface area (Å²) in [5.41, 5.74) is 2.11. The number of aliphatic hydroxyl groups excluding tert-OH is 1. The minimum Gasteiger partial charge on any atom is -0.496 e. The molecule has 194 valence electrons. The van der Waals surface area contributed by atoms with Crippen LogP contribution in [0, 0.1) is 0 Å². The quantitative estimate of drug-likeness (QED) is 0.300. The first kappa shape index (κ1) is 24.9. The van der Waals surface area contributed by atoms with Gasteiger partial charge < -0.3 is 30.2 Å². The lowest BCUT2D eigenvalue weighted by Gasteiger charge is -2.45. The zero-order valence-electron chi connectivity index (χ0n) is 20.4. The van der Waals surface area contributed by atoms with Gasteiger partial charge in [-0.2, -0.15) is 0 Å². The van der Waals surface area contributed by atoms with Crippen LogP contribution in [0.15, 0.2) is 36.5 Å². The number of anilines is 1. The van der Waals surface area contributed by atoms with Gasteiger partial charge in [-0.15, -0.1) is 0 Å². The molecule has 4 heterocycles. The van der Waals surface area contributed by atoms with E-state index in [-0.39, 0.29) is 26.4 Å². The smallest absolute Gasteiger partial charge is 0.169 e. The van der Waals surface area contributed by atoms with E-state index in [1.54, 1.807) is 18.2 Å². The number of rotatable bonds is 11. The lowest BCUT2D eigenvalue weighted by atomic mass is 9.89. The second-order valence-electron chi connectivity index (χ2n) is 9.50. The maximum Gasteiger partial charge on any atom is 0.169 e. The molecular weight excluding hydrogens is 468 g/mol. The number of aromatic amines is 1. The first-order valence-corrected chi connectivity index (χ1v) is 12.4. The summed E-state index contributed by atoms with van der Waals surface area (Å²) in [6, 6.07) is 9.30. The number of benzene rings is 1. The van der Waals surface area contributed by atoms with Crippen LogP contribution < -0.4 is 15.4 Å². The second-order valence-corrected chi connectivity index (χ2v) is 9.50. The molecule has 10 heteroatoms. The van der Waals surface area contributed by atoms with Gasteiger partial charge in [-0.25, -0.2) is 9.37 Å². The summed E-state index contributed by atoms with van der Waals surface area (Å²) in [7, 11) is 1.59. The maximum atomic E-state index is 15.3. The normalized spacial score (nSPS) is 21.2. The number of fused-ring (bicyclic) bond motifs is 3. The number of nitrogens with one attached hydrogen (secondary N) is 3. The number of methoxy groups -OCH3 is 1. The van der Waals surface area contributed by atoms with E-state index in [1.165, 1.54) is 0 Å². The zero-order valence-corrected chi connectivity index (χ0v) is 20.4. The Labute approximate surface area is 209 Å². The van der Waals surface area contributed by atoms with Gasteiger partial charge in [-0.1, -0.05) is 18.2 Å². The molecule has 1 fully saturated rings. The summed E-state index contributed by atoms with van der Waals surface area (Å²) < 4.78 is 38.4.